The first-order valence-corrected chi connectivity index (χ1v) is 7.59. The minimum atomic E-state index is -1.22. The van der Waals surface area contributed by atoms with Gasteiger partial charge in [-0.3, -0.25) is 4.79 Å². The highest BCUT2D eigenvalue weighted by Gasteiger charge is 2.26. The molecule has 1 rings (SSSR count). The maximum atomic E-state index is 12.3. The SMILES string of the molecule is CCCCOC(=O)C(=O)c1c(CCCC)cccc1C(=O)O. The minimum Gasteiger partial charge on any atom is -0.478 e. The van der Waals surface area contributed by atoms with Crippen LogP contribution in [-0.4, -0.2) is 29.4 Å². The molecule has 0 radical (unpaired) electrons. The summed E-state index contributed by atoms with van der Waals surface area (Å²) >= 11 is 0. The van der Waals surface area contributed by atoms with Crippen LogP contribution in [0.15, 0.2) is 18.2 Å². The second-order valence-electron chi connectivity index (χ2n) is 5.07. The van der Waals surface area contributed by atoms with Crippen LogP contribution in [0, 0.1) is 0 Å². The van der Waals surface area contributed by atoms with Crippen molar-refractivity contribution < 1.29 is 24.2 Å². The van der Waals surface area contributed by atoms with E-state index in [-0.39, 0.29) is 17.7 Å². The molecular formula is C17H22O5. The lowest BCUT2D eigenvalue weighted by Crippen LogP contribution is -2.22. The second-order valence-corrected chi connectivity index (χ2v) is 5.07. The van der Waals surface area contributed by atoms with Crippen LogP contribution in [0.25, 0.3) is 0 Å². The van der Waals surface area contributed by atoms with E-state index in [1.54, 1.807) is 12.1 Å². The Hall–Kier alpha value is -2.17. The van der Waals surface area contributed by atoms with Crippen LogP contribution in [0.5, 0.6) is 0 Å². The maximum Gasteiger partial charge on any atom is 0.379 e. The topological polar surface area (TPSA) is 80.7 Å². The molecule has 22 heavy (non-hydrogen) atoms. The van der Waals surface area contributed by atoms with Gasteiger partial charge in [0, 0.05) is 5.56 Å². The van der Waals surface area contributed by atoms with E-state index in [4.69, 9.17) is 4.74 Å². The highest BCUT2D eigenvalue weighted by atomic mass is 16.5. The van der Waals surface area contributed by atoms with Gasteiger partial charge in [-0.25, -0.2) is 9.59 Å². The van der Waals surface area contributed by atoms with Gasteiger partial charge in [0.05, 0.1) is 12.2 Å². The van der Waals surface area contributed by atoms with E-state index in [1.165, 1.54) is 6.07 Å². The maximum absolute atomic E-state index is 12.3. The van der Waals surface area contributed by atoms with Crippen molar-refractivity contribution in [3.05, 3.63) is 34.9 Å². The lowest BCUT2D eigenvalue weighted by Gasteiger charge is -2.11. The molecule has 0 bridgehead atoms. The van der Waals surface area contributed by atoms with Crippen molar-refractivity contribution in [2.75, 3.05) is 6.61 Å². The number of carbonyl (C=O) groups excluding carboxylic acids is 2. The summed E-state index contributed by atoms with van der Waals surface area (Å²) in [4.78, 5) is 35.5. The molecule has 0 heterocycles. The van der Waals surface area contributed by atoms with E-state index in [9.17, 15) is 19.5 Å². The smallest absolute Gasteiger partial charge is 0.379 e. The van der Waals surface area contributed by atoms with Gasteiger partial charge in [-0.1, -0.05) is 38.8 Å². The Morgan fingerprint density at radius 3 is 2.36 bits per heavy atom. The van der Waals surface area contributed by atoms with Gasteiger partial charge in [0.1, 0.15) is 0 Å². The number of aromatic carboxylic acids is 1. The van der Waals surface area contributed by atoms with Crippen molar-refractivity contribution in [2.24, 2.45) is 0 Å². The summed E-state index contributed by atoms with van der Waals surface area (Å²) in [6.45, 7) is 4.11. The van der Waals surface area contributed by atoms with Crippen molar-refractivity contribution in [3.8, 4) is 0 Å². The molecule has 1 N–H and O–H groups in total. The number of carboxylic acid groups (broad SMARTS) is 1. The Balaban J connectivity index is 3.09. The minimum absolute atomic E-state index is 0.0371. The fraction of sp³-hybridized carbons (Fsp3) is 0.471. The molecule has 5 nitrogen and oxygen atoms in total. The summed E-state index contributed by atoms with van der Waals surface area (Å²) in [5.74, 6) is -3.08. The number of esters is 1. The zero-order chi connectivity index (χ0) is 16.5. The number of aryl methyl sites for hydroxylation is 1. The molecule has 0 spiro atoms. The van der Waals surface area contributed by atoms with Crippen molar-refractivity contribution in [1.82, 2.24) is 0 Å². The fourth-order valence-corrected chi connectivity index (χ4v) is 2.10. The summed E-state index contributed by atoms with van der Waals surface area (Å²) in [5, 5.41) is 9.26. The molecule has 0 atom stereocenters. The van der Waals surface area contributed by atoms with Crippen molar-refractivity contribution >= 4 is 17.7 Å². The van der Waals surface area contributed by atoms with Crippen molar-refractivity contribution in [2.45, 2.75) is 46.0 Å². The van der Waals surface area contributed by atoms with Crippen LogP contribution < -0.4 is 0 Å². The molecule has 0 saturated carbocycles. The number of Topliss-reactive ketones (excluding diaryl/α,β-unsaturated/α-hetero) is 1. The lowest BCUT2D eigenvalue weighted by molar-refractivity contribution is -0.138. The zero-order valence-corrected chi connectivity index (χ0v) is 13.1. The molecule has 120 valence electrons. The van der Waals surface area contributed by atoms with Crippen LogP contribution in [0.4, 0.5) is 0 Å². The molecule has 0 aliphatic heterocycles. The quantitative estimate of drug-likeness (QED) is 0.328. The molecular weight excluding hydrogens is 284 g/mol. The number of unbranched alkanes of at least 4 members (excludes halogenated alkanes) is 2. The number of hydrogen-bond acceptors (Lipinski definition) is 4. The van der Waals surface area contributed by atoms with Gasteiger partial charge in [0.25, 0.3) is 5.78 Å². The van der Waals surface area contributed by atoms with E-state index >= 15 is 0 Å². The number of rotatable bonds is 9. The van der Waals surface area contributed by atoms with E-state index < -0.39 is 17.7 Å². The molecule has 5 heteroatoms. The number of ether oxygens (including phenoxy) is 1. The predicted molar refractivity (Wildman–Crippen MR) is 82.2 cm³/mol. The van der Waals surface area contributed by atoms with Gasteiger partial charge in [-0.15, -0.1) is 0 Å². The summed E-state index contributed by atoms with van der Waals surface area (Å²) in [6, 6.07) is 4.62. The van der Waals surface area contributed by atoms with Crippen LogP contribution in [0.2, 0.25) is 0 Å². The molecule has 0 fully saturated rings. The first-order chi connectivity index (χ1) is 10.5. The van der Waals surface area contributed by atoms with E-state index in [2.05, 4.69) is 0 Å². The molecule has 0 aliphatic carbocycles. The Morgan fingerprint density at radius 2 is 1.77 bits per heavy atom. The summed E-state index contributed by atoms with van der Waals surface area (Å²) in [6.07, 6.45) is 3.79. The van der Waals surface area contributed by atoms with E-state index in [0.717, 1.165) is 19.3 Å². The molecule has 1 aromatic carbocycles. The summed E-state index contributed by atoms with van der Waals surface area (Å²) in [7, 11) is 0. The first kappa shape index (κ1) is 17.9. The molecule has 0 amide bonds. The first-order valence-electron chi connectivity index (χ1n) is 7.59. The average molecular weight is 306 g/mol. The van der Waals surface area contributed by atoms with Crippen molar-refractivity contribution in [1.29, 1.82) is 0 Å². The molecule has 0 aromatic heterocycles. The van der Waals surface area contributed by atoms with Gasteiger partial charge in [0.15, 0.2) is 0 Å². The Labute approximate surface area is 130 Å². The summed E-state index contributed by atoms with van der Waals surface area (Å²) in [5.41, 5.74) is 0.398. The molecule has 0 aliphatic rings. The third kappa shape index (κ3) is 4.69. The highest BCUT2D eigenvalue weighted by Crippen LogP contribution is 2.19. The van der Waals surface area contributed by atoms with Crippen LogP contribution >= 0.6 is 0 Å². The van der Waals surface area contributed by atoms with Gasteiger partial charge >= 0.3 is 11.9 Å². The second kappa shape index (κ2) is 8.97. The number of hydrogen-bond donors (Lipinski definition) is 1. The Morgan fingerprint density at radius 1 is 1.09 bits per heavy atom. The average Bonchev–Trinajstić information content (AvgIpc) is 2.51. The largest absolute Gasteiger partial charge is 0.478 e. The zero-order valence-electron chi connectivity index (χ0n) is 13.1. The van der Waals surface area contributed by atoms with Crippen LogP contribution in [-0.2, 0) is 16.0 Å². The molecule has 1 aromatic rings. The molecule has 0 unspecified atom stereocenters. The number of carbonyl (C=O) groups is 3. The monoisotopic (exact) mass is 306 g/mol. The van der Waals surface area contributed by atoms with E-state index in [0.29, 0.717) is 18.4 Å². The Bertz CT molecular complexity index is 548. The predicted octanol–water partition coefficient (Wildman–Crippen LogP) is 3.25. The Kier molecular flexibility index (Phi) is 7.29. The lowest BCUT2D eigenvalue weighted by atomic mass is 9.94. The number of carboxylic acids is 1. The molecule has 0 saturated heterocycles. The number of ketones is 1. The van der Waals surface area contributed by atoms with Gasteiger partial charge in [0.2, 0.25) is 0 Å². The normalized spacial score (nSPS) is 10.3. The van der Waals surface area contributed by atoms with Crippen LogP contribution in [0.1, 0.15) is 65.8 Å². The summed E-state index contributed by atoms with van der Waals surface area (Å²) < 4.78 is 4.91. The number of benzene rings is 1. The van der Waals surface area contributed by atoms with E-state index in [1.807, 2.05) is 13.8 Å². The standard InChI is InChI=1S/C17H22O5/c1-3-5-8-12-9-7-10-13(16(19)20)14(12)15(18)17(21)22-11-6-4-2/h7,9-10H,3-6,8,11H2,1-2H3,(H,19,20). The van der Waals surface area contributed by atoms with Gasteiger partial charge in [-0.05, 0) is 30.9 Å². The van der Waals surface area contributed by atoms with Gasteiger partial charge in [-0.2, -0.15) is 0 Å². The highest BCUT2D eigenvalue weighted by molar-refractivity contribution is 6.42. The van der Waals surface area contributed by atoms with Crippen LogP contribution in [0.3, 0.4) is 0 Å². The third-order valence-corrected chi connectivity index (χ3v) is 3.32. The third-order valence-electron chi connectivity index (χ3n) is 3.32. The van der Waals surface area contributed by atoms with Crippen molar-refractivity contribution in [3.63, 3.8) is 0 Å². The fourth-order valence-electron chi connectivity index (χ4n) is 2.10. The van der Waals surface area contributed by atoms with Gasteiger partial charge < -0.3 is 9.84 Å².